The number of nitrogens with zero attached hydrogens (tertiary/aromatic N) is 1. The van der Waals surface area contributed by atoms with E-state index in [2.05, 4.69) is 4.98 Å². The van der Waals surface area contributed by atoms with Crippen molar-refractivity contribution in [3.63, 3.8) is 0 Å². The molecule has 0 spiro atoms. The van der Waals surface area contributed by atoms with E-state index in [1.807, 2.05) is 0 Å². The van der Waals surface area contributed by atoms with E-state index in [1.54, 1.807) is 0 Å². The molecular weight excluding hydrogens is 176 g/mol. The molecule has 0 N–H and O–H groups in total. The molecule has 1 rings (SSSR count). The monoisotopic (exact) mass is 177 g/mol. The van der Waals surface area contributed by atoms with Crippen LogP contribution in [0.15, 0.2) is 12.1 Å². The molecule has 5 heteroatoms. The maximum Gasteiger partial charge on any atom is 0.271 e. The quantitative estimate of drug-likeness (QED) is 0.483. The van der Waals surface area contributed by atoms with Gasteiger partial charge in [-0.25, -0.2) is 9.37 Å². The van der Waals surface area contributed by atoms with E-state index in [9.17, 15) is 13.6 Å². The Hall–Kier alpha value is -1.03. The summed E-state index contributed by atoms with van der Waals surface area (Å²) < 4.78 is 24.5. The summed E-state index contributed by atoms with van der Waals surface area (Å²) in [6.45, 7) is 0. The number of rotatable bonds is 1. The van der Waals surface area contributed by atoms with Gasteiger partial charge < -0.3 is 0 Å². The van der Waals surface area contributed by atoms with E-state index in [0.717, 1.165) is 6.07 Å². The summed E-state index contributed by atoms with van der Waals surface area (Å²) in [6, 6.07) is 1.32. The summed E-state index contributed by atoms with van der Waals surface area (Å²) >= 11 is 4.91. The highest BCUT2D eigenvalue weighted by Gasteiger charge is 2.06. The van der Waals surface area contributed by atoms with E-state index in [-0.39, 0.29) is 0 Å². The number of hydrogen-bond acceptors (Lipinski definition) is 2. The zero-order chi connectivity index (χ0) is 8.43. The maximum absolute atomic E-state index is 12.3. The second-order valence-corrected chi connectivity index (χ2v) is 2.11. The van der Waals surface area contributed by atoms with Gasteiger partial charge in [0.25, 0.3) is 5.24 Å². The molecule has 1 aromatic heterocycles. The van der Waals surface area contributed by atoms with Crippen LogP contribution in [0.2, 0.25) is 0 Å². The molecule has 0 radical (unpaired) electrons. The van der Waals surface area contributed by atoms with Crippen LogP contribution in [0.25, 0.3) is 0 Å². The molecule has 0 aromatic carbocycles. The van der Waals surface area contributed by atoms with E-state index in [1.165, 1.54) is 0 Å². The van der Waals surface area contributed by atoms with Crippen LogP contribution in [-0.2, 0) is 0 Å². The minimum Gasteiger partial charge on any atom is -0.274 e. The van der Waals surface area contributed by atoms with Crippen LogP contribution in [0.5, 0.6) is 0 Å². The Labute approximate surface area is 65.8 Å². The van der Waals surface area contributed by atoms with Gasteiger partial charge in [-0.2, -0.15) is 4.39 Å². The van der Waals surface area contributed by atoms with Gasteiger partial charge in [0.2, 0.25) is 5.95 Å². The van der Waals surface area contributed by atoms with Crippen molar-refractivity contribution in [2.45, 2.75) is 0 Å². The summed E-state index contributed by atoms with van der Waals surface area (Å²) in [4.78, 5) is 13.4. The highest BCUT2D eigenvalue weighted by atomic mass is 35.5. The van der Waals surface area contributed by atoms with E-state index in [0.29, 0.717) is 6.07 Å². The van der Waals surface area contributed by atoms with Gasteiger partial charge >= 0.3 is 0 Å². The lowest BCUT2D eigenvalue weighted by molar-refractivity contribution is 0.107. The Morgan fingerprint density at radius 1 is 1.45 bits per heavy atom. The Bertz CT molecular complexity index is 282. The van der Waals surface area contributed by atoms with Gasteiger partial charge in [0.15, 0.2) is 0 Å². The molecule has 0 aliphatic heterocycles. The van der Waals surface area contributed by atoms with Gasteiger partial charge in [-0.15, -0.1) is 0 Å². The smallest absolute Gasteiger partial charge is 0.271 e. The Morgan fingerprint density at radius 2 is 2.09 bits per heavy atom. The third-order valence-corrected chi connectivity index (χ3v) is 1.15. The first-order valence-corrected chi connectivity index (χ1v) is 3.00. The van der Waals surface area contributed by atoms with E-state index in [4.69, 9.17) is 11.6 Å². The molecule has 0 unspecified atom stereocenters. The molecule has 11 heavy (non-hydrogen) atoms. The van der Waals surface area contributed by atoms with Crippen LogP contribution in [-0.4, -0.2) is 10.2 Å². The lowest BCUT2D eigenvalue weighted by Crippen LogP contribution is -1.97. The van der Waals surface area contributed by atoms with Crippen molar-refractivity contribution >= 4 is 16.8 Å². The van der Waals surface area contributed by atoms with Gasteiger partial charge in [-0.05, 0) is 11.6 Å². The first-order valence-electron chi connectivity index (χ1n) is 2.62. The molecule has 0 atom stereocenters. The Kier molecular flexibility index (Phi) is 2.14. The van der Waals surface area contributed by atoms with Crippen molar-refractivity contribution in [3.05, 3.63) is 29.6 Å². The number of aromatic nitrogens is 1. The molecule has 0 aliphatic carbocycles. The van der Waals surface area contributed by atoms with Crippen LogP contribution in [0.3, 0.4) is 0 Å². The molecule has 58 valence electrons. The molecule has 1 heterocycles. The molecule has 0 saturated carbocycles. The molecule has 0 bridgehead atoms. The predicted octanol–water partition coefficient (Wildman–Crippen LogP) is 1.74. The van der Waals surface area contributed by atoms with Crippen LogP contribution < -0.4 is 0 Å². The number of halogens is 3. The summed E-state index contributed by atoms with van der Waals surface area (Å²) in [5.74, 6) is -1.93. The van der Waals surface area contributed by atoms with Gasteiger partial charge in [-0.3, -0.25) is 4.79 Å². The van der Waals surface area contributed by atoms with Crippen LogP contribution >= 0.6 is 11.6 Å². The first-order chi connectivity index (χ1) is 5.09. The lowest BCUT2D eigenvalue weighted by atomic mass is 10.3. The Balaban J connectivity index is 3.19. The summed E-state index contributed by atoms with van der Waals surface area (Å²) in [6.07, 6.45) is 0. The topological polar surface area (TPSA) is 30.0 Å². The molecule has 0 aliphatic rings. The highest BCUT2D eigenvalue weighted by molar-refractivity contribution is 6.67. The molecule has 0 fully saturated rings. The fraction of sp³-hybridized carbons (Fsp3) is 0. The second-order valence-electron chi connectivity index (χ2n) is 1.77. The standard InChI is InChI=1S/C6H2ClF2NO/c7-6(11)4-1-3(8)2-5(9)10-4/h1-2H. The number of carbonyl (C=O) groups is 1. The highest BCUT2D eigenvalue weighted by Crippen LogP contribution is 2.05. The van der Waals surface area contributed by atoms with Crippen molar-refractivity contribution < 1.29 is 13.6 Å². The zero-order valence-electron chi connectivity index (χ0n) is 5.14. The van der Waals surface area contributed by atoms with E-state index >= 15 is 0 Å². The Morgan fingerprint density at radius 3 is 2.55 bits per heavy atom. The lowest BCUT2D eigenvalue weighted by Gasteiger charge is -1.92. The van der Waals surface area contributed by atoms with Crippen molar-refractivity contribution in [1.29, 1.82) is 0 Å². The summed E-state index contributed by atoms with van der Waals surface area (Å²) in [5, 5.41) is -0.983. The maximum atomic E-state index is 12.3. The van der Waals surface area contributed by atoms with Crippen molar-refractivity contribution in [2.24, 2.45) is 0 Å². The summed E-state index contributed by atoms with van der Waals surface area (Å²) in [5.41, 5.74) is -0.427. The van der Waals surface area contributed by atoms with Crippen molar-refractivity contribution in [3.8, 4) is 0 Å². The molecule has 2 nitrogen and oxygen atoms in total. The fourth-order valence-electron chi connectivity index (χ4n) is 0.566. The first kappa shape index (κ1) is 8.07. The van der Waals surface area contributed by atoms with Gasteiger partial charge in [0, 0.05) is 12.1 Å². The van der Waals surface area contributed by atoms with Crippen LogP contribution in [0.1, 0.15) is 10.5 Å². The van der Waals surface area contributed by atoms with Crippen molar-refractivity contribution in [2.75, 3.05) is 0 Å². The average Bonchev–Trinajstić information content (AvgIpc) is 1.85. The van der Waals surface area contributed by atoms with Crippen LogP contribution in [0, 0.1) is 11.8 Å². The molecule has 0 saturated heterocycles. The third kappa shape index (κ3) is 1.94. The van der Waals surface area contributed by atoms with Gasteiger partial charge in [0.1, 0.15) is 11.5 Å². The van der Waals surface area contributed by atoms with E-state index < -0.39 is 22.7 Å². The largest absolute Gasteiger partial charge is 0.274 e. The SMILES string of the molecule is O=C(Cl)c1cc(F)cc(F)n1. The van der Waals surface area contributed by atoms with Crippen molar-refractivity contribution in [1.82, 2.24) is 4.98 Å². The minimum absolute atomic E-state index is 0.427. The predicted molar refractivity (Wildman–Crippen MR) is 34.3 cm³/mol. The third-order valence-electron chi connectivity index (χ3n) is 0.960. The zero-order valence-corrected chi connectivity index (χ0v) is 5.90. The van der Waals surface area contributed by atoms with Crippen LogP contribution in [0.4, 0.5) is 8.78 Å². The molecule has 1 aromatic rings. The fourth-order valence-corrected chi connectivity index (χ4v) is 0.663. The molecular formula is C6H2ClF2NO. The molecule has 0 amide bonds. The number of pyridine rings is 1. The number of carbonyl (C=O) groups excluding carboxylic acids is 1. The number of hydrogen-bond donors (Lipinski definition) is 0. The summed E-state index contributed by atoms with van der Waals surface area (Å²) in [7, 11) is 0. The van der Waals surface area contributed by atoms with Gasteiger partial charge in [-0.1, -0.05) is 0 Å². The minimum atomic E-state index is -1.06. The average molecular weight is 178 g/mol. The van der Waals surface area contributed by atoms with Gasteiger partial charge in [0.05, 0.1) is 0 Å². The second kappa shape index (κ2) is 2.92. The normalized spacial score (nSPS) is 9.73.